The van der Waals surface area contributed by atoms with Crippen LogP contribution in [0.25, 0.3) is 0 Å². The normalized spacial score (nSPS) is 14.1. The van der Waals surface area contributed by atoms with E-state index in [4.69, 9.17) is 5.73 Å². The fourth-order valence-corrected chi connectivity index (χ4v) is 1.31. The predicted octanol–water partition coefficient (Wildman–Crippen LogP) is 3.14. The Morgan fingerprint density at radius 2 is 1.79 bits per heavy atom. The molecule has 0 radical (unpaired) electrons. The first-order valence-corrected chi connectivity index (χ1v) is 4.87. The Kier molecular flexibility index (Phi) is 2.95. The Labute approximate surface area is 85.1 Å². The molecule has 14 heavy (non-hydrogen) atoms. The van der Waals surface area contributed by atoms with Crippen LogP contribution in [0.5, 0.6) is 0 Å². The van der Waals surface area contributed by atoms with E-state index in [1.807, 2.05) is 13.0 Å². The summed E-state index contributed by atoms with van der Waals surface area (Å²) in [4.78, 5) is 0. The first-order chi connectivity index (χ1) is 6.30. The molecule has 0 aliphatic carbocycles. The monoisotopic (exact) mass is 195 g/mol. The van der Waals surface area contributed by atoms with Crippen LogP contribution in [-0.4, -0.2) is 0 Å². The number of benzene rings is 1. The van der Waals surface area contributed by atoms with Crippen LogP contribution in [0.3, 0.4) is 0 Å². The summed E-state index contributed by atoms with van der Waals surface area (Å²) in [7, 11) is 0. The van der Waals surface area contributed by atoms with Crippen molar-refractivity contribution in [3.05, 3.63) is 35.1 Å². The predicted molar refractivity (Wildman–Crippen MR) is 57.7 cm³/mol. The lowest BCUT2D eigenvalue weighted by Gasteiger charge is -2.20. The summed E-state index contributed by atoms with van der Waals surface area (Å²) in [5.41, 5.74) is 7.54. The summed E-state index contributed by atoms with van der Waals surface area (Å²) in [6, 6.07) is 4.94. The quantitative estimate of drug-likeness (QED) is 0.732. The molecule has 2 heteroatoms. The minimum absolute atomic E-state index is 0.0360. The standard InChI is InChI=1S/C12H18FN/c1-8(14)9-5-10(12(2,3)4)7-11(13)6-9/h5-8H,14H2,1-4H3/t8-/m0/s1. The largest absolute Gasteiger partial charge is 0.324 e. The van der Waals surface area contributed by atoms with E-state index < -0.39 is 0 Å². The van der Waals surface area contributed by atoms with Crippen LogP contribution in [0.1, 0.15) is 44.9 Å². The van der Waals surface area contributed by atoms with Gasteiger partial charge in [0.2, 0.25) is 0 Å². The molecule has 0 aliphatic rings. The molecular formula is C12H18FN. The molecule has 0 fully saturated rings. The van der Waals surface area contributed by atoms with E-state index in [0.717, 1.165) is 11.1 Å². The van der Waals surface area contributed by atoms with Crippen molar-refractivity contribution in [2.24, 2.45) is 5.73 Å². The maximum Gasteiger partial charge on any atom is 0.123 e. The highest BCUT2D eigenvalue weighted by Gasteiger charge is 2.16. The lowest BCUT2D eigenvalue weighted by atomic mass is 9.85. The second kappa shape index (κ2) is 3.70. The third kappa shape index (κ3) is 2.55. The average molecular weight is 195 g/mol. The zero-order valence-electron chi connectivity index (χ0n) is 9.26. The topological polar surface area (TPSA) is 26.0 Å². The zero-order valence-corrected chi connectivity index (χ0v) is 9.26. The molecule has 78 valence electrons. The van der Waals surface area contributed by atoms with Crippen LogP contribution in [0, 0.1) is 5.82 Å². The highest BCUT2D eigenvalue weighted by atomic mass is 19.1. The van der Waals surface area contributed by atoms with Gasteiger partial charge in [0.1, 0.15) is 5.82 Å². The number of hydrogen-bond donors (Lipinski definition) is 1. The van der Waals surface area contributed by atoms with E-state index in [1.54, 1.807) is 6.07 Å². The first kappa shape index (κ1) is 11.2. The summed E-state index contributed by atoms with van der Waals surface area (Å²) < 4.78 is 13.3. The van der Waals surface area contributed by atoms with E-state index >= 15 is 0 Å². The first-order valence-electron chi connectivity index (χ1n) is 4.87. The Morgan fingerprint density at radius 3 is 2.21 bits per heavy atom. The Morgan fingerprint density at radius 1 is 1.21 bits per heavy atom. The highest BCUT2D eigenvalue weighted by molar-refractivity contribution is 5.31. The van der Waals surface area contributed by atoms with E-state index in [2.05, 4.69) is 20.8 Å². The smallest absolute Gasteiger partial charge is 0.123 e. The summed E-state index contributed by atoms with van der Waals surface area (Å²) in [5, 5.41) is 0. The molecular weight excluding hydrogens is 177 g/mol. The van der Waals surface area contributed by atoms with Gasteiger partial charge in [0.25, 0.3) is 0 Å². The van der Waals surface area contributed by atoms with E-state index in [0.29, 0.717) is 0 Å². The van der Waals surface area contributed by atoms with Gasteiger partial charge in [-0.05, 0) is 35.6 Å². The van der Waals surface area contributed by atoms with Crippen LogP contribution in [0.4, 0.5) is 4.39 Å². The molecule has 1 aromatic rings. The van der Waals surface area contributed by atoms with Crippen molar-refractivity contribution < 1.29 is 4.39 Å². The van der Waals surface area contributed by atoms with E-state index in [9.17, 15) is 4.39 Å². The molecule has 0 aromatic heterocycles. The number of halogens is 1. The lowest BCUT2D eigenvalue weighted by Crippen LogP contribution is -2.14. The third-order valence-corrected chi connectivity index (χ3v) is 2.31. The van der Waals surface area contributed by atoms with E-state index in [1.165, 1.54) is 6.07 Å². The maximum absolute atomic E-state index is 13.3. The summed E-state index contributed by atoms with van der Waals surface area (Å²) >= 11 is 0. The van der Waals surface area contributed by atoms with Gasteiger partial charge in [-0.2, -0.15) is 0 Å². The Hall–Kier alpha value is -0.890. The average Bonchev–Trinajstić information content (AvgIpc) is 2.01. The fourth-order valence-electron chi connectivity index (χ4n) is 1.31. The van der Waals surface area contributed by atoms with Gasteiger partial charge in [-0.3, -0.25) is 0 Å². The molecule has 1 atom stereocenters. The van der Waals surface area contributed by atoms with Crippen molar-refractivity contribution in [1.29, 1.82) is 0 Å². The zero-order chi connectivity index (χ0) is 10.9. The van der Waals surface area contributed by atoms with Gasteiger partial charge in [0.15, 0.2) is 0 Å². The molecule has 1 rings (SSSR count). The van der Waals surface area contributed by atoms with Gasteiger partial charge >= 0.3 is 0 Å². The fraction of sp³-hybridized carbons (Fsp3) is 0.500. The summed E-state index contributed by atoms with van der Waals surface area (Å²) in [5.74, 6) is -0.204. The van der Waals surface area contributed by atoms with Crippen molar-refractivity contribution in [3.63, 3.8) is 0 Å². The van der Waals surface area contributed by atoms with Gasteiger partial charge < -0.3 is 5.73 Å². The number of nitrogens with two attached hydrogens (primary N) is 1. The molecule has 0 heterocycles. The van der Waals surface area contributed by atoms with Gasteiger partial charge in [-0.25, -0.2) is 4.39 Å². The molecule has 2 N–H and O–H groups in total. The van der Waals surface area contributed by atoms with Crippen LogP contribution in [0.15, 0.2) is 18.2 Å². The molecule has 0 aliphatic heterocycles. The Bertz CT molecular complexity index is 324. The molecule has 0 spiro atoms. The molecule has 0 saturated heterocycles. The van der Waals surface area contributed by atoms with Crippen LogP contribution in [-0.2, 0) is 5.41 Å². The molecule has 0 bridgehead atoms. The van der Waals surface area contributed by atoms with Crippen LogP contribution in [0.2, 0.25) is 0 Å². The van der Waals surface area contributed by atoms with Crippen molar-refractivity contribution in [2.75, 3.05) is 0 Å². The second-order valence-electron chi connectivity index (χ2n) is 4.81. The number of rotatable bonds is 1. The SMILES string of the molecule is C[C@H](N)c1cc(F)cc(C(C)(C)C)c1. The van der Waals surface area contributed by atoms with Crippen molar-refractivity contribution in [3.8, 4) is 0 Å². The van der Waals surface area contributed by atoms with Gasteiger partial charge in [0, 0.05) is 6.04 Å². The maximum atomic E-state index is 13.3. The lowest BCUT2D eigenvalue weighted by molar-refractivity contribution is 0.568. The van der Waals surface area contributed by atoms with Crippen molar-refractivity contribution >= 4 is 0 Å². The highest BCUT2D eigenvalue weighted by Crippen LogP contribution is 2.25. The van der Waals surface area contributed by atoms with Gasteiger partial charge in [0.05, 0.1) is 0 Å². The molecule has 1 nitrogen and oxygen atoms in total. The third-order valence-electron chi connectivity index (χ3n) is 2.31. The molecule has 1 aromatic carbocycles. The number of hydrogen-bond acceptors (Lipinski definition) is 1. The van der Waals surface area contributed by atoms with Crippen LogP contribution < -0.4 is 5.73 Å². The van der Waals surface area contributed by atoms with Crippen molar-refractivity contribution in [1.82, 2.24) is 0 Å². The minimum atomic E-state index is -0.204. The summed E-state index contributed by atoms with van der Waals surface area (Å²) in [6.07, 6.45) is 0. The summed E-state index contributed by atoms with van der Waals surface area (Å²) in [6.45, 7) is 8.05. The molecule has 0 amide bonds. The van der Waals surface area contributed by atoms with E-state index in [-0.39, 0.29) is 17.3 Å². The molecule has 0 unspecified atom stereocenters. The van der Waals surface area contributed by atoms with Gasteiger partial charge in [-0.1, -0.05) is 26.8 Å². The van der Waals surface area contributed by atoms with Crippen molar-refractivity contribution in [2.45, 2.75) is 39.2 Å². The Balaban J connectivity index is 3.21. The molecule has 0 saturated carbocycles. The second-order valence-corrected chi connectivity index (χ2v) is 4.81. The van der Waals surface area contributed by atoms with Gasteiger partial charge in [-0.15, -0.1) is 0 Å². The minimum Gasteiger partial charge on any atom is -0.324 e. The van der Waals surface area contributed by atoms with Crippen LogP contribution >= 0.6 is 0 Å².